The van der Waals surface area contributed by atoms with E-state index in [-0.39, 0.29) is 0 Å². The van der Waals surface area contributed by atoms with Crippen LogP contribution >= 0.6 is 0 Å². The van der Waals surface area contributed by atoms with Crippen LogP contribution in [0.5, 0.6) is 11.5 Å². The van der Waals surface area contributed by atoms with Gasteiger partial charge < -0.3 is 18.6 Å². The molecule has 0 radical (unpaired) electrons. The molecule has 0 saturated carbocycles. The van der Waals surface area contributed by atoms with Gasteiger partial charge in [-0.2, -0.15) is 0 Å². The molecule has 4 heteroatoms. The Morgan fingerprint density at radius 2 is 0.860 bits per heavy atom. The predicted molar refractivity (Wildman–Crippen MR) is 216 cm³/mol. The summed E-state index contributed by atoms with van der Waals surface area (Å²) >= 11 is 0. The van der Waals surface area contributed by atoms with E-state index in [1.165, 1.54) is 95.0 Å². The Kier molecular flexibility index (Phi) is 11.5. The molecule has 0 aliphatic rings. The van der Waals surface area contributed by atoms with Gasteiger partial charge in [-0.1, -0.05) is 116 Å². The smallest absolute Gasteiger partial charge is 0.128 e. The molecule has 6 rings (SSSR count). The zero-order chi connectivity index (χ0) is 35.4. The van der Waals surface area contributed by atoms with E-state index in [0.717, 1.165) is 47.6 Å². The van der Waals surface area contributed by atoms with Gasteiger partial charge in [0.2, 0.25) is 0 Å². The first-order chi connectivity index (χ1) is 24.2. The van der Waals surface area contributed by atoms with E-state index in [9.17, 15) is 0 Å². The van der Waals surface area contributed by atoms with Crippen LogP contribution in [0.1, 0.15) is 92.9 Å². The fraction of sp³-hybridized carbons (Fsp3) is 0.478. The van der Waals surface area contributed by atoms with Gasteiger partial charge in [-0.25, -0.2) is 0 Å². The molecule has 0 fully saturated rings. The first-order valence-electron chi connectivity index (χ1n) is 19.4. The van der Waals surface area contributed by atoms with Crippen molar-refractivity contribution in [1.29, 1.82) is 0 Å². The highest BCUT2D eigenvalue weighted by Gasteiger charge is 2.21. The number of aryl methyl sites for hydroxylation is 2. The molecule has 0 aliphatic heterocycles. The Bertz CT molecular complexity index is 1900. The van der Waals surface area contributed by atoms with Gasteiger partial charge in [-0.15, -0.1) is 0 Å². The van der Waals surface area contributed by atoms with Gasteiger partial charge in [-0.3, -0.25) is 0 Å². The summed E-state index contributed by atoms with van der Waals surface area (Å²) in [5.41, 5.74) is 7.19. The lowest BCUT2D eigenvalue weighted by Crippen LogP contribution is -2.05. The summed E-state index contributed by atoms with van der Waals surface area (Å²) < 4.78 is 17.4. The number of hydrogen-bond acceptors (Lipinski definition) is 2. The third kappa shape index (κ3) is 7.55. The Balaban J connectivity index is 1.40. The summed E-state index contributed by atoms with van der Waals surface area (Å²) in [7, 11) is 3.60. The predicted octanol–water partition coefficient (Wildman–Crippen LogP) is 13.3. The summed E-state index contributed by atoms with van der Waals surface area (Å²) in [6.45, 7) is 16.1. The molecule has 4 aromatic carbocycles. The van der Waals surface area contributed by atoms with Gasteiger partial charge in [0.1, 0.15) is 11.5 Å². The lowest BCUT2D eigenvalue weighted by molar-refractivity contribution is 0.409. The van der Waals surface area contributed by atoms with Crippen LogP contribution in [0.4, 0.5) is 0 Å². The number of nitrogens with zero attached hydrogens (tertiary/aromatic N) is 2. The molecule has 0 N–H and O–H groups in total. The van der Waals surface area contributed by atoms with Crippen LogP contribution in [-0.4, -0.2) is 23.4 Å². The summed E-state index contributed by atoms with van der Waals surface area (Å²) in [5, 5.41) is 5.11. The molecule has 0 bridgehead atoms. The molecule has 50 heavy (non-hydrogen) atoms. The van der Waals surface area contributed by atoms with E-state index < -0.39 is 0 Å². The van der Waals surface area contributed by atoms with Gasteiger partial charge in [0.15, 0.2) is 0 Å². The maximum absolute atomic E-state index is 6.20. The topological polar surface area (TPSA) is 28.3 Å². The molecular weight excluding hydrogens is 613 g/mol. The molecule has 2 unspecified atom stereocenters. The molecule has 266 valence electrons. The lowest BCUT2D eigenvalue weighted by Gasteiger charge is -2.17. The highest BCUT2D eigenvalue weighted by atomic mass is 16.5. The second-order valence-corrected chi connectivity index (χ2v) is 15.9. The number of aromatic nitrogens is 2. The maximum atomic E-state index is 6.20. The molecular formula is C46H60N2O2. The molecule has 0 spiro atoms. The van der Waals surface area contributed by atoms with Gasteiger partial charge in [-0.05, 0) is 60.8 Å². The van der Waals surface area contributed by atoms with Crippen LogP contribution in [0, 0.1) is 23.7 Å². The van der Waals surface area contributed by atoms with Crippen molar-refractivity contribution in [1.82, 2.24) is 9.13 Å². The quantitative estimate of drug-likeness (QED) is 0.0964. The maximum Gasteiger partial charge on any atom is 0.128 e. The van der Waals surface area contributed by atoms with E-state index >= 15 is 0 Å². The minimum atomic E-state index is 0.692. The molecule has 2 atom stereocenters. The van der Waals surface area contributed by atoms with Crippen molar-refractivity contribution in [3.8, 4) is 22.6 Å². The SMILES string of the molecule is COc1cc2c(cc1-c1cc3c4ccccc4n(CCC(C)CCCC(C)C)c3cc1OC)c1ccccc1n2CCC(C)CCCC(C)C. The Labute approximate surface area is 300 Å². The third-order valence-electron chi connectivity index (χ3n) is 11.1. The average Bonchev–Trinajstić information content (AvgIpc) is 3.59. The van der Waals surface area contributed by atoms with Crippen molar-refractivity contribution in [3.05, 3.63) is 72.8 Å². The first-order valence-corrected chi connectivity index (χ1v) is 19.4. The van der Waals surface area contributed by atoms with Crippen molar-refractivity contribution in [3.63, 3.8) is 0 Å². The molecule has 2 aromatic heterocycles. The van der Waals surface area contributed by atoms with Crippen molar-refractivity contribution in [2.75, 3.05) is 14.2 Å². The van der Waals surface area contributed by atoms with E-state index in [4.69, 9.17) is 9.47 Å². The molecule has 0 saturated heterocycles. The number of fused-ring (bicyclic) bond motifs is 6. The summed E-state index contributed by atoms with van der Waals surface area (Å²) in [5.74, 6) is 4.69. The second-order valence-electron chi connectivity index (χ2n) is 15.9. The van der Waals surface area contributed by atoms with Crippen molar-refractivity contribution < 1.29 is 9.47 Å². The van der Waals surface area contributed by atoms with Crippen LogP contribution in [0.2, 0.25) is 0 Å². The van der Waals surface area contributed by atoms with E-state index in [2.05, 4.69) is 123 Å². The normalized spacial score (nSPS) is 13.4. The summed E-state index contributed by atoms with van der Waals surface area (Å²) in [6.07, 6.45) is 10.2. The third-order valence-corrected chi connectivity index (χ3v) is 11.1. The van der Waals surface area contributed by atoms with Crippen LogP contribution < -0.4 is 9.47 Å². The Morgan fingerprint density at radius 1 is 0.460 bits per heavy atom. The van der Waals surface area contributed by atoms with Crippen LogP contribution in [0.25, 0.3) is 54.7 Å². The van der Waals surface area contributed by atoms with Gasteiger partial charge >= 0.3 is 0 Å². The number of benzene rings is 4. The molecule has 4 nitrogen and oxygen atoms in total. The number of ether oxygens (including phenoxy) is 2. The van der Waals surface area contributed by atoms with E-state index in [1.807, 2.05) is 0 Å². The van der Waals surface area contributed by atoms with E-state index in [0.29, 0.717) is 11.8 Å². The van der Waals surface area contributed by atoms with Crippen LogP contribution in [0.3, 0.4) is 0 Å². The van der Waals surface area contributed by atoms with Crippen molar-refractivity contribution in [2.45, 2.75) is 106 Å². The van der Waals surface area contributed by atoms with Crippen LogP contribution in [0.15, 0.2) is 72.8 Å². The molecule has 2 heterocycles. The fourth-order valence-electron chi connectivity index (χ4n) is 8.13. The van der Waals surface area contributed by atoms with E-state index in [1.54, 1.807) is 14.2 Å². The number of para-hydroxylation sites is 2. The number of hydrogen-bond donors (Lipinski definition) is 0. The Hall–Kier alpha value is -3.92. The van der Waals surface area contributed by atoms with Crippen molar-refractivity contribution in [2.24, 2.45) is 23.7 Å². The fourth-order valence-corrected chi connectivity index (χ4v) is 8.13. The molecule has 6 aromatic rings. The average molecular weight is 673 g/mol. The highest BCUT2D eigenvalue weighted by molar-refractivity contribution is 6.13. The zero-order valence-corrected chi connectivity index (χ0v) is 32.0. The second kappa shape index (κ2) is 16.0. The number of rotatable bonds is 17. The van der Waals surface area contributed by atoms with Gasteiger partial charge in [0.05, 0.1) is 25.3 Å². The highest BCUT2D eigenvalue weighted by Crippen LogP contribution is 2.45. The monoisotopic (exact) mass is 672 g/mol. The minimum absolute atomic E-state index is 0.692. The van der Waals surface area contributed by atoms with Gasteiger partial charge in [0.25, 0.3) is 0 Å². The van der Waals surface area contributed by atoms with Crippen LogP contribution in [-0.2, 0) is 13.1 Å². The number of methoxy groups -OCH3 is 2. The minimum Gasteiger partial charge on any atom is -0.496 e. The summed E-state index contributed by atoms with van der Waals surface area (Å²) in [4.78, 5) is 0. The zero-order valence-electron chi connectivity index (χ0n) is 32.0. The largest absolute Gasteiger partial charge is 0.496 e. The first kappa shape index (κ1) is 35.9. The Morgan fingerprint density at radius 3 is 1.24 bits per heavy atom. The lowest BCUT2D eigenvalue weighted by atomic mass is 9.97. The van der Waals surface area contributed by atoms with Crippen molar-refractivity contribution >= 4 is 43.6 Å². The standard InChI is InChI=1S/C46H60N2O2/c1-31(2)15-13-17-33(5)23-25-47-41-21-11-9-19-35(41)37-27-39(45(49-7)29-43(37)47)40-28-38-36-20-10-12-22-42(36)48(44(38)30-46(40)50-8)26-24-34(6)18-14-16-32(3)4/h9-12,19-22,27-34H,13-18,23-26H2,1-8H3. The molecule has 0 amide bonds. The molecule has 0 aliphatic carbocycles. The summed E-state index contributed by atoms with van der Waals surface area (Å²) in [6, 6.07) is 27.0. The van der Waals surface area contributed by atoms with Gasteiger partial charge in [0, 0.05) is 68.9 Å².